The number of benzene rings is 2. The van der Waals surface area contributed by atoms with Gasteiger partial charge < -0.3 is 9.88 Å². The highest BCUT2D eigenvalue weighted by Gasteiger charge is 2.23. The third-order valence-electron chi connectivity index (χ3n) is 6.47. The molecule has 3 rings (SSSR count). The molecular formula is C27H38N4O3S. The smallest absolute Gasteiger partial charge is 0.243 e. The molecule has 0 saturated heterocycles. The summed E-state index contributed by atoms with van der Waals surface area (Å²) < 4.78 is 29.5. The number of aromatic nitrogens is 2. The lowest BCUT2D eigenvalue weighted by atomic mass is 9.96. The van der Waals surface area contributed by atoms with Gasteiger partial charge in [-0.3, -0.25) is 4.79 Å². The summed E-state index contributed by atoms with van der Waals surface area (Å²) in [6.45, 7) is 10.1. The number of rotatable bonds is 13. The van der Waals surface area contributed by atoms with Gasteiger partial charge in [-0.05, 0) is 36.6 Å². The molecule has 1 atom stereocenters. The number of amides is 1. The third-order valence-corrected chi connectivity index (χ3v) is 8.52. The van der Waals surface area contributed by atoms with Crippen LogP contribution in [0.15, 0.2) is 53.4 Å². The average Bonchev–Trinajstić information content (AvgIpc) is 3.21. The molecule has 1 heterocycles. The molecule has 35 heavy (non-hydrogen) atoms. The van der Waals surface area contributed by atoms with E-state index in [4.69, 9.17) is 4.98 Å². The third kappa shape index (κ3) is 6.30. The topological polar surface area (TPSA) is 84.3 Å². The molecule has 7 nitrogen and oxygen atoms in total. The zero-order valence-corrected chi connectivity index (χ0v) is 22.1. The quantitative estimate of drug-likeness (QED) is 0.370. The summed E-state index contributed by atoms with van der Waals surface area (Å²) >= 11 is 0. The second-order valence-corrected chi connectivity index (χ2v) is 10.7. The lowest BCUT2D eigenvalue weighted by Gasteiger charge is -2.18. The van der Waals surface area contributed by atoms with Crippen molar-refractivity contribution in [1.82, 2.24) is 19.2 Å². The molecule has 0 spiro atoms. The van der Waals surface area contributed by atoms with E-state index in [1.54, 1.807) is 12.1 Å². The predicted octanol–water partition coefficient (Wildman–Crippen LogP) is 4.72. The van der Waals surface area contributed by atoms with E-state index in [1.807, 2.05) is 38.1 Å². The number of carbonyl (C=O) groups is 1. The van der Waals surface area contributed by atoms with Crippen molar-refractivity contribution in [3.05, 3.63) is 59.9 Å². The number of nitrogens with zero attached hydrogens (tertiary/aromatic N) is 3. The van der Waals surface area contributed by atoms with Gasteiger partial charge in [-0.25, -0.2) is 13.4 Å². The van der Waals surface area contributed by atoms with Gasteiger partial charge in [0, 0.05) is 44.9 Å². The summed E-state index contributed by atoms with van der Waals surface area (Å²) in [6, 6.07) is 15.4. The van der Waals surface area contributed by atoms with Crippen molar-refractivity contribution in [2.45, 2.75) is 70.7 Å². The van der Waals surface area contributed by atoms with Crippen LogP contribution in [-0.2, 0) is 27.8 Å². The molecule has 1 aromatic heterocycles. The Labute approximate surface area is 209 Å². The molecule has 1 amide bonds. The summed E-state index contributed by atoms with van der Waals surface area (Å²) in [4.78, 5) is 17.6. The van der Waals surface area contributed by atoms with E-state index in [0.717, 1.165) is 30.7 Å². The number of sulfonamides is 1. The normalized spacial score (nSPS) is 12.8. The fourth-order valence-electron chi connectivity index (χ4n) is 4.47. The molecule has 0 aliphatic carbocycles. The molecule has 0 saturated carbocycles. The van der Waals surface area contributed by atoms with Gasteiger partial charge in [-0.15, -0.1) is 0 Å². The van der Waals surface area contributed by atoms with Crippen LogP contribution < -0.4 is 5.32 Å². The minimum atomic E-state index is -3.56. The number of hydrogen-bond donors (Lipinski definition) is 1. The lowest BCUT2D eigenvalue weighted by molar-refractivity contribution is -0.121. The van der Waals surface area contributed by atoms with Gasteiger partial charge in [-0.1, -0.05) is 58.0 Å². The van der Waals surface area contributed by atoms with Crippen LogP contribution in [0.2, 0.25) is 0 Å². The highest BCUT2D eigenvalue weighted by molar-refractivity contribution is 7.89. The van der Waals surface area contributed by atoms with E-state index in [9.17, 15) is 13.2 Å². The SMILES string of the molecule is CCCn1c(CCC(=O)NCC(CC)c2ccccc2)nc2cc(S(=O)(=O)N(CC)CC)ccc21. The first-order valence-corrected chi connectivity index (χ1v) is 14.1. The second-order valence-electron chi connectivity index (χ2n) is 8.74. The summed E-state index contributed by atoms with van der Waals surface area (Å²) in [6.07, 6.45) is 2.71. The fraction of sp³-hybridized carbons (Fsp3) is 0.481. The Morgan fingerprint density at radius 1 is 1.06 bits per heavy atom. The maximum Gasteiger partial charge on any atom is 0.243 e. The standard InChI is InChI=1S/C27H38N4O3S/c1-5-18-31-25-15-14-23(35(33,34)30(7-3)8-4)19-24(25)29-26(31)16-17-27(32)28-20-21(6-2)22-12-10-9-11-13-22/h9-15,19,21H,5-8,16-18,20H2,1-4H3,(H,28,32). The first kappa shape index (κ1) is 26.9. The van der Waals surface area contributed by atoms with Crippen molar-refractivity contribution in [2.24, 2.45) is 0 Å². The van der Waals surface area contributed by atoms with Crippen LogP contribution in [0, 0.1) is 0 Å². The fourth-order valence-corrected chi connectivity index (χ4v) is 5.95. The molecule has 0 aliphatic heterocycles. The Bertz CT molecular complexity index is 1220. The van der Waals surface area contributed by atoms with Gasteiger partial charge in [0.25, 0.3) is 0 Å². The Balaban J connectivity index is 1.74. The van der Waals surface area contributed by atoms with E-state index >= 15 is 0 Å². The summed E-state index contributed by atoms with van der Waals surface area (Å²) in [5.41, 5.74) is 2.78. The van der Waals surface area contributed by atoms with E-state index in [2.05, 4.69) is 35.9 Å². The highest BCUT2D eigenvalue weighted by Crippen LogP contribution is 2.24. The van der Waals surface area contributed by atoms with Crippen molar-refractivity contribution in [3.8, 4) is 0 Å². The number of carbonyl (C=O) groups excluding carboxylic acids is 1. The zero-order valence-electron chi connectivity index (χ0n) is 21.3. The number of imidazole rings is 1. The van der Waals surface area contributed by atoms with Crippen LogP contribution in [0.4, 0.5) is 0 Å². The van der Waals surface area contributed by atoms with Crippen molar-refractivity contribution in [1.29, 1.82) is 0 Å². The molecule has 0 bridgehead atoms. The van der Waals surface area contributed by atoms with Gasteiger partial charge in [0.15, 0.2) is 0 Å². The van der Waals surface area contributed by atoms with E-state index in [0.29, 0.717) is 38.0 Å². The van der Waals surface area contributed by atoms with Crippen molar-refractivity contribution < 1.29 is 13.2 Å². The van der Waals surface area contributed by atoms with Crippen LogP contribution in [0.1, 0.15) is 64.3 Å². The number of fused-ring (bicyclic) bond motifs is 1. The lowest BCUT2D eigenvalue weighted by Crippen LogP contribution is -2.30. The molecule has 0 radical (unpaired) electrons. The zero-order chi connectivity index (χ0) is 25.4. The number of aryl methyl sites for hydroxylation is 2. The molecule has 0 fully saturated rings. The molecule has 190 valence electrons. The van der Waals surface area contributed by atoms with Crippen LogP contribution in [0.5, 0.6) is 0 Å². The van der Waals surface area contributed by atoms with Gasteiger partial charge in [0.1, 0.15) is 5.82 Å². The Morgan fingerprint density at radius 2 is 1.77 bits per heavy atom. The molecule has 0 aliphatic rings. The summed E-state index contributed by atoms with van der Waals surface area (Å²) in [5.74, 6) is 1.10. The van der Waals surface area contributed by atoms with Crippen LogP contribution >= 0.6 is 0 Å². The van der Waals surface area contributed by atoms with Crippen molar-refractivity contribution in [2.75, 3.05) is 19.6 Å². The van der Waals surface area contributed by atoms with Crippen LogP contribution in [0.25, 0.3) is 11.0 Å². The van der Waals surface area contributed by atoms with Crippen molar-refractivity contribution in [3.63, 3.8) is 0 Å². The minimum Gasteiger partial charge on any atom is -0.355 e. The molecule has 1 unspecified atom stereocenters. The first-order valence-electron chi connectivity index (χ1n) is 12.7. The molecule has 1 N–H and O–H groups in total. The van der Waals surface area contributed by atoms with Gasteiger partial charge in [0.05, 0.1) is 15.9 Å². The van der Waals surface area contributed by atoms with Gasteiger partial charge in [-0.2, -0.15) is 4.31 Å². The van der Waals surface area contributed by atoms with Gasteiger partial charge >= 0.3 is 0 Å². The Kier molecular flexibility index (Phi) is 9.46. The second kappa shape index (κ2) is 12.3. The van der Waals surface area contributed by atoms with Crippen LogP contribution in [0.3, 0.4) is 0 Å². The molecule has 8 heteroatoms. The number of nitrogens with one attached hydrogen (secondary N) is 1. The van der Waals surface area contributed by atoms with E-state index in [-0.39, 0.29) is 16.7 Å². The molecule has 3 aromatic rings. The Morgan fingerprint density at radius 3 is 2.40 bits per heavy atom. The van der Waals surface area contributed by atoms with E-state index < -0.39 is 10.0 Å². The minimum absolute atomic E-state index is 0.000661. The maximum absolute atomic E-state index is 13.0. The first-order chi connectivity index (χ1) is 16.8. The number of hydrogen-bond acceptors (Lipinski definition) is 4. The van der Waals surface area contributed by atoms with Crippen molar-refractivity contribution >= 4 is 27.0 Å². The predicted molar refractivity (Wildman–Crippen MR) is 141 cm³/mol. The van der Waals surface area contributed by atoms with Gasteiger partial charge in [0.2, 0.25) is 15.9 Å². The molecular weight excluding hydrogens is 460 g/mol. The average molecular weight is 499 g/mol. The van der Waals surface area contributed by atoms with Crippen LogP contribution in [-0.4, -0.2) is 47.8 Å². The summed E-state index contributed by atoms with van der Waals surface area (Å²) in [5, 5.41) is 3.08. The monoisotopic (exact) mass is 498 g/mol. The Hall–Kier alpha value is -2.71. The largest absolute Gasteiger partial charge is 0.355 e. The maximum atomic E-state index is 13.0. The highest BCUT2D eigenvalue weighted by atomic mass is 32.2. The molecule has 2 aromatic carbocycles. The van der Waals surface area contributed by atoms with E-state index in [1.165, 1.54) is 9.87 Å². The summed E-state index contributed by atoms with van der Waals surface area (Å²) in [7, 11) is -3.56.